The monoisotopic (exact) mass is 381 g/mol. The molecule has 0 unspecified atom stereocenters. The van der Waals surface area contributed by atoms with Gasteiger partial charge in [0.1, 0.15) is 11.5 Å². The highest BCUT2D eigenvalue weighted by atomic mass is 32.1. The lowest BCUT2D eigenvalue weighted by Crippen LogP contribution is -2.34. The van der Waals surface area contributed by atoms with Gasteiger partial charge in [-0.1, -0.05) is 0 Å². The molecule has 0 radical (unpaired) electrons. The van der Waals surface area contributed by atoms with Gasteiger partial charge in [-0.05, 0) is 38.9 Å². The Morgan fingerprint density at radius 2 is 1.81 bits per heavy atom. The van der Waals surface area contributed by atoms with Gasteiger partial charge in [0.15, 0.2) is 5.11 Å². The summed E-state index contributed by atoms with van der Waals surface area (Å²) in [6.45, 7) is 7.66. The third-order valence-corrected chi connectivity index (χ3v) is 4.00. The Labute approximate surface area is 159 Å². The summed E-state index contributed by atoms with van der Waals surface area (Å²) in [5.41, 5.74) is 1.24. The standard InChI is InChI=1S/C18H27N3O4S/c1-4-23-16-10-15(17(24-5-2)9-14(16)20-12(3)22)21-18(26)19-11-13-7-6-8-25-13/h9-10,13H,4-8,11H2,1-3H3,(H,20,22)(H2,19,21,26)/t13-/m1/s1. The molecule has 0 bridgehead atoms. The van der Waals surface area contributed by atoms with Crippen molar-refractivity contribution >= 4 is 34.6 Å². The molecule has 1 atom stereocenters. The summed E-state index contributed by atoms with van der Waals surface area (Å²) in [6.07, 6.45) is 2.32. The topological polar surface area (TPSA) is 80.8 Å². The van der Waals surface area contributed by atoms with E-state index in [1.807, 2.05) is 13.8 Å². The van der Waals surface area contributed by atoms with Crippen molar-refractivity contribution < 1.29 is 19.0 Å². The van der Waals surface area contributed by atoms with E-state index in [1.165, 1.54) is 6.92 Å². The average molecular weight is 381 g/mol. The molecule has 7 nitrogen and oxygen atoms in total. The van der Waals surface area contributed by atoms with Crippen LogP contribution < -0.4 is 25.4 Å². The summed E-state index contributed by atoms with van der Waals surface area (Å²) in [4.78, 5) is 11.4. The van der Waals surface area contributed by atoms with Crippen LogP contribution in [0.3, 0.4) is 0 Å². The van der Waals surface area contributed by atoms with Crippen LogP contribution in [-0.2, 0) is 9.53 Å². The zero-order chi connectivity index (χ0) is 18.9. The second kappa shape index (κ2) is 10.2. The number of benzene rings is 1. The zero-order valence-electron chi connectivity index (χ0n) is 15.5. The van der Waals surface area contributed by atoms with Crippen molar-refractivity contribution in [3.05, 3.63) is 12.1 Å². The molecule has 0 spiro atoms. The highest BCUT2D eigenvalue weighted by Crippen LogP contribution is 2.37. The Morgan fingerprint density at radius 3 is 2.31 bits per heavy atom. The lowest BCUT2D eigenvalue weighted by atomic mass is 10.2. The third-order valence-electron chi connectivity index (χ3n) is 3.75. The molecule has 1 aromatic carbocycles. The van der Waals surface area contributed by atoms with Crippen LogP contribution in [0.4, 0.5) is 11.4 Å². The predicted molar refractivity (Wildman–Crippen MR) is 106 cm³/mol. The first-order valence-corrected chi connectivity index (χ1v) is 9.32. The van der Waals surface area contributed by atoms with Gasteiger partial charge in [0.2, 0.25) is 5.91 Å². The lowest BCUT2D eigenvalue weighted by Gasteiger charge is -2.19. The number of hydrogen-bond acceptors (Lipinski definition) is 5. The summed E-state index contributed by atoms with van der Waals surface area (Å²) in [5.74, 6) is 0.958. The second-order valence-electron chi connectivity index (χ2n) is 5.86. The molecule has 0 saturated carbocycles. The maximum Gasteiger partial charge on any atom is 0.221 e. The van der Waals surface area contributed by atoms with Gasteiger partial charge < -0.3 is 30.2 Å². The van der Waals surface area contributed by atoms with E-state index < -0.39 is 0 Å². The van der Waals surface area contributed by atoms with Crippen molar-refractivity contribution in [2.45, 2.75) is 39.7 Å². The molecule has 1 aliphatic rings. The first kappa shape index (κ1) is 20.3. The largest absolute Gasteiger partial charge is 0.492 e. The van der Waals surface area contributed by atoms with E-state index in [0.29, 0.717) is 47.7 Å². The summed E-state index contributed by atoms with van der Waals surface area (Å²) in [6, 6.07) is 3.51. The van der Waals surface area contributed by atoms with E-state index in [2.05, 4.69) is 16.0 Å². The molecule has 144 valence electrons. The minimum absolute atomic E-state index is 0.178. The molecule has 1 heterocycles. The zero-order valence-corrected chi connectivity index (χ0v) is 16.3. The molecule has 1 amide bonds. The molecular weight excluding hydrogens is 354 g/mol. The normalized spacial score (nSPS) is 16.0. The average Bonchev–Trinajstić information content (AvgIpc) is 3.10. The van der Waals surface area contributed by atoms with Crippen molar-refractivity contribution in [2.24, 2.45) is 0 Å². The smallest absolute Gasteiger partial charge is 0.221 e. The minimum Gasteiger partial charge on any atom is -0.492 e. The SMILES string of the molecule is CCOc1cc(NC(=S)NC[C@H]2CCCO2)c(OCC)cc1NC(C)=O. The van der Waals surface area contributed by atoms with Gasteiger partial charge in [0, 0.05) is 32.2 Å². The van der Waals surface area contributed by atoms with Crippen LogP contribution in [0.1, 0.15) is 33.6 Å². The van der Waals surface area contributed by atoms with Gasteiger partial charge in [0.05, 0.1) is 30.7 Å². The Kier molecular flexibility index (Phi) is 7.93. The quantitative estimate of drug-likeness (QED) is 0.597. The first-order valence-electron chi connectivity index (χ1n) is 8.91. The number of rotatable bonds is 8. The second-order valence-corrected chi connectivity index (χ2v) is 6.27. The number of carbonyl (C=O) groups excluding carboxylic acids is 1. The predicted octanol–water partition coefficient (Wildman–Crippen LogP) is 2.91. The Bertz CT molecular complexity index is 633. The first-order chi connectivity index (χ1) is 12.5. The molecule has 1 aliphatic heterocycles. The van der Waals surface area contributed by atoms with Gasteiger partial charge in [-0.3, -0.25) is 4.79 Å². The van der Waals surface area contributed by atoms with Crippen LogP contribution in [-0.4, -0.2) is 43.5 Å². The van der Waals surface area contributed by atoms with Gasteiger partial charge in [0.25, 0.3) is 0 Å². The van der Waals surface area contributed by atoms with Crippen LogP contribution >= 0.6 is 12.2 Å². The lowest BCUT2D eigenvalue weighted by molar-refractivity contribution is -0.114. The van der Waals surface area contributed by atoms with Gasteiger partial charge in [-0.2, -0.15) is 0 Å². The molecule has 1 aromatic rings. The fourth-order valence-corrected chi connectivity index (χ4v) is 2.87. The molecule has 0 aliphatic carbocycles. The number of nitrogens with one attached hydrogen (secondary N) is 3. The molecule has 3 N–H and O–H groups in total. The number of amides is 1. The molecule has 0 aromatic heterocycles. The summed E-state index contributed by atoms with van der Waals surface area (Å²) in [5, 5.41) is 9.56. The van der Waals surface area contributed by atoms with E-state index in [1.54, 1.807) is 12.1 Å². The summed E-state index contributed by atoms with van der Waals surface area (Å²) >= 11 is 5.38. The Balaban J connectivity index is 2.13. The van der Waals surface area contributed by atoms with E-state index in [-0.39, 0.29) is 12.0 Å². The van der Waals surface area contributed by atoms with Crippen molar-refractivity contribution in [1.82, 2.24) is 5.32 Å². The van der Waals surface area contributed by atoms with Crippen LogP contribution in [0.5, 0.6) is 11.5 Å². The number of anilines is 2. The van der Waals surface area contributed by atoms with Gasteiger partial charge in [-0.15, -0.1) is 0 Å². The van der Waals surface area contributed by atoms with E-state index in [9.17, 15) is 4.79 Å². The van der Waals surface area contributed by atoms with Crippen LogP contribution in [0, 0.1) is 0 Å². The van der Waals surface area contributed by atoms with Crippen LogP contribution in [0.15, 0.2) is 12.1 Å². The van der Waals surface area contributed by atoms with E-state index in [4.69, 9.17) is 26.4 Å². The number of hydrogen-bond donors (Lipinski definition) is 3. The van der Waals surface area contributed by atoms with Crippen LogP contribution in [0.25, 0.3) is 0 Å². The van der Waals surface area contributed by atoms with Crippen LogP contribution in [0.2, 0.25) is 0 Å². The number of carbonyl (C=O) groups is 1. The fraction of sp³-hybridized carbons (Fsp3) is 0.556. The highest BCUT2D eigenvalue weighted by molar-refractivity contribution is 7.80. The Morgan fingerprint density at radius 1 is 1.19 bits per heavy atom. The highest BCUT2D eigenvalue weighted by Gasteiger charge is 2.17. The molecule has 1 saturated heterocycles. The van der Waals surface area contributed by atoms with Crippen molar-refractivity contribution in [1.29, 1.82) is 0 Å². The molecule has 2 rings (SSSR count). The summed E-state index contributed by atoms with van der Waals surface area (Å²) < 4.78 is 16.9. The van der Waals surface area contributed by atoms with Crippen molar-refractivity contribution in [3.63, 3.8) is 0 Å². The van der Waals surface area contributed by atoms with Gasteiger partial charge in [-0.25, -0.2) is 0 Å². The molecular formula is C18H27N3O4S. The maximum atomic E-state index is 11.4. The van der Waals surface area contributed by atoms with Gasteiger partial charge >= 0.3 is 0 Å². The summed E-state index contributed by atoms with van der Waals surface area (Å²) in [7, 11) is 0. The Hall–Kier alpha value is -2.06. The van der Waals surface area contributed by atoms with E-state index in [0.717, 1.165) is 19.4 Å². The maximum absolute atomic E-state index is 11.4. The molecule has 1 fully saturated rings. The van der Waals surface area contributed by atoms with E-state index >= 15 is 0 Å². The third kappa shape index (κ3) is 6.03. The molecule has 8 heteroatoms. The minimum atomic E-state index is -0.178. The van der Waals surface area contributed by atoms with Crippen molar-refractivity contribution in [3.8, 4) is 11.5 Å². The number of thiocarbonyl (C=S) groups is 1. The molecule has 26 heavy (non-hydrogen) atoms. The van der Waals surface area contributed by atoms with Crippen molar-refractivity contribution in [2.75, 3.05) is 37.0 Å². The fourth-order valence-electron chi connectivity index (χ4n) is 2.67. The number of ether oxygens (including phenoxy) is 3.